The molecule has 0 radical (unpaired) electrons. The van der Waals surface area contributed by atoms with Crippen LogP contribution in [0.5, 0.6) is 0 Å². The molecule has 36 heavy (non-hydrogen) atoms. The molecule has 3 aliphatic rings. The fourth-order valence-corrected chi connectivity index (χ4v) is 5.72. The number of fused-ring (bicyclic) bond motifs is 2. The highest BCUT2D eigenvalue weighted by atomic mass is 16.5. The number of ether oxygens (including phenoxy) is 1. The first kappa shape index (κ1) is 21.8. The Kier molecular flexibility index (Phi) is 5.36. The van der Waals surface area contributed by atoms with Crippen LogP contribution in [-0.4, -0.2) is 91.2 Å². The smallest absolute Gasteiger partial charge is 0.272 e. The molecule has 1 N–H and O–H groups in total. The highest BCUT2D eigenvalue weighted by molar-refractivity contribution is 5.93. The predicted octanol–water partition coefficient (Wildman–Crippen LogP) is 2.56. The van der Waals surface area contributed by atoms with Crippen molar-refractivity contribution in [2.75, 3.05) is 44.7 Å². The lowest BCUT2D eigenvalue weighted by molar-refractivity contribution is -0.00443. The Morgan fingerprint density at radius 2 is 1.83 bits per heavy atom. The first-order valence-corrected chi connectivity index (χ1v) is 12.9. The molecule has 0 spiro atoms. The highest BCUT2D eigenvalue weighted by Gasteiger charge is 2.34. The van der Waals surface area contributed by atoms with Gasteiger partial charge in [-0.15, -0.1) is 5.10 Å². The first-order chi connectivity index (χ1) is 17.7. The van der Waals surface area contributed by atoms with Gasteiger partial charge in [-0.1, -0.05) is 0 Å². The minimum atomic E-state index is 0.0461. The van der Waals surface area contributed by atoms with Crippen LogP contribution in [0.15, 0.2) is 43.0 Å². The van der Waals surface area contributed by atoms with Crippen LogP contribution in [0.3, 0.4) is 0 Å². The van der Waals surface area contributed by atoms with E-state index >= 15 is 0 Å². The Hall–Kier alpha value is -3.50. The van der Waals surface area contributed by atoms with E-state index < -0.39 is 0 Å². The van der Waals surface area contributed by atoms with E-state index in [1.807, 2.05) is 50.6 Å². The van der Waals surface area contributed by atoms with E-state index in [-0.39, 0.29) is 5.91 Å². The number of nitrogens with zero attached hydrogens (tertiary/aromatic N) is 7. The summed E-state index contributed by atoms with van der Waals surface area (Å²) < 4.78 is 9.24. The standard InChI is InChI=1S/C26H30N8O2/c35-25(32-6-1-2-7-32)23-16-27-24-4-3-18(17-33(23)24)21-5-8-34-22(21)15-28-26(30-34)29-19-13-20(14-19)31-9-11-36-12-10-31/h3-5,8,15-17,19-20H,1-2,6-7,9-14H2,(H,29,30)/t19-,20+. The lowest BCUT2D eigenvalue weighted by atomic mass is 9.85. The summed E-state index contributed by atoms with van der Waals surface area (Å²) in [5, 5.41) is 8.21. The van der Waals surface area contributed by atoms with Gasteiger partial charge in [-0.2, -0.15) is 0 Å². The third-order valence-corrected chi connectivity index (χ3v) is 7.85. The van der Waals surface area contributed by atoms with Gasteiger partial charge in [0.2, 0.25) is 5.95 Å². The number of anilines is 1. The zero-order chi connectivity index (χ0) is 24.1. The summed E-state index contributed by atoms with van der Waals surface area (Å²) >= 11 is 0. The second kappa shape index (κ2) is 8.86. The van der Waals surface area contributed by atoms with E-state index in [2.05, 4.69) is 20.2 Å². The third-order valence-electron chi connectivity index (χ3n) is 7.85. The number of imidazole rings is 1. The molecule has 0 bridgehead atoms. The molecule has 4 aromatic heterocycles. The topological polar surface area (TPSA) is 92.3 Å². The Labute approximate surface area is 208 Å². The summed E-state index contributed by atoms with van der Waals surface area (Å²) in [4.78, 5) is 26.5. The number of hydrogen-bond acceptors (Lipinski definition) is 7. The fraction of sp³-hybridized carbons (Fsp3) is 0.462. The van der Waals surface area contributed by atoms with E-state index in [0.717, 1.165) is 87.4 Å². The molecule has 0 atom stereocenters. The van der Waals surface area contributed by atoms with E-state index in [0.29, 0.717) is 23.7 Å². The van der Waals surface area contributed by atoms with Gasteiger partial charge in [-0.05, 0) is 43.9 Å². The summed E-state index contributed by atoms with van der Waals surface area (Å²) in [6.45, 7) is 5.38. The molecule has 2 saturated heterocycles. The van der Waals surface area contributed by atoms with Gasteiger partial charge in [0.1, 0.15) is 11.3 Å². The number of likely N-dealkylation sites (tertiary alicyclic amines) is 1. The monoisotopic (exact) mass is 486 g/mol. The molecule has 3 fully saturated rings. The molecule has 0 unspecified atom stereocenters. The quantitative estimate of drug-likeness (QED) is 0.464. The van der Waals surface area contributed by atoms with Gasteiger partial charge in [0, 0.05) is 61.8 Å². The molecule has 7 rings (SSSR count). The number of pyridine rings is 1. The Morgan fingerprint density at radius 1 is 1.00 bits per heavy atom. The van der Waals surface area contributed by atoms with Crippen LogP contribution in [0, 0.1) is 0 Å². The predicted molar refractivity (Wildman–Crippen MR) is 135 cm³/mol. The lowest BCUT2D eigenvalue weighted by Gasteiger charge is -2.44. The lowest BCUT2D eigenvalue weighted by Crippen LogP contribution is -2.53. The molecule has 0 aromatic carbocycles. The van der Waals surface area contributed by atoms with Crippen molar-refractivity contribution in [2.24, 2.45) is 0 Å². The maximum Gasteiger partial charge on any atom is 0.272 e. The van der Waals surface area contributed by atoms with Gasteiger partial charge in [0.25, 0.3) is 5.91 Å². The molecule has 1 amide bonds. The van der Waals surface area contributed by atoms with Crippen LogP contribution in [0.2, 0.25) is 0 Å². The second-order valence-corrected chi connectivity index (χ2v) is 10.0. The van der Waals surface area contributed by atoms with E-state index in [1.54, 1.807) is 6.20 Å². The van der Waals surface area contributed by atoms with Gasteiger partial charge in [0.05, 0.1) is 31.1 Å². The zero-order valence-electron chi connectivity index (χ0n) is 20.2. The summed E-state index contributed by atoms with van der Waals surface area (Å²) in [6, 6.07) is 7.08. The molecular weight excluding hydrogens is 456 g/mol. The normalized spacial score (nSPS) is 22.8. The Balaban J connectivity index is 1.10. The molecule has 4 aromatic rings. The first-order valence-electron chi connectivity index (χ1n) is 12.9. The van der Waals surface area contributed by atoms with Gasteiger partial charge < -0.3 is 15.0 Å². The van der Waals surface area contributed by atoms with Crippen molar-refractivity contribution < 1.29 is 9.53 Å². The van der Waals surface area contributed by atoms with Crippen LogP contribution >= 0.6 is 0 Å². The highest BCUT2D eigenvalue weighted by Crippen LogP contribution is 2.30. The fourth-order valence-electron chi connectivity index (χ4n) is 5.72. The number of amides is 1. The maximum atomic E-state index is 13.0. The van der Waals surface area contributed by atoms with Gasteiger partial charge in [-0.25, -0.2) is 14.5 Å². The van der Waals surface area contributed by atoms with Crippen LogP contribution in [-0.2, 0) is 4.74 Å². The number of hydrogen-bond donors (Lipinski definition) is 1. The van der Waals surface area contributed by atoms with Crippen LogP contribution in [0.1, 0.15) is 36.2 Å². The van der Waals surface area contributed by atoms with Gasteiger partial charge in [-0.3, -0.25) is 14.1 Å². The number of nitrogens with one attached hydrogen (secondary N) is 1. The molecule has 1 saturated carbocycles. The largest absolute Gasteiger partial charge is 0.379 e. The number of rotatable bonds is 5. The van der Waals surface area contributed by atoms with Crippen molar-refractivity contribution in [3.63, 3.8) is 0 Å². The number of morpholine rings is 1. The summed E-state index contributed by atoms with van der Waals surface area (Å²) in [7, 11) is 0. The summed E-state index contributed by atoms with van der Waals surface area (Å²) in [5.41, 5.74) is 4.31. The number of carbonyl (C=O) groups is 1. The number of carbonyl (C=O) groups excluding carboxylic acids is 1. The van der Waals surface area contributed by atoms with Crippen molar-refractivity contribution in [1.29, 1.82) is 0 Å². The molecule has 186 valence electrons. The number of aromatic nitrogens is 5. The average molecular weight is 487 g/mol. The minimum Gasteiger partial charge on any atom is -0.379 e. The Morgan fingerprint density at radius 3 is 2.67 bits per heavy atom. The van der Waals surface area contributed by atoms with Crippen LogP contribution < -0.4 is 5.32 Å². The molecule has 6 heterocycles. The van der Waals surface area contributed by atoms with Crippen molar-refractivity contribution in [1.82, 2.24) is 33.8 Å². The molecular formula is C26H30N8O2. The third kappa shape index (κ3) is 3.81. The zero-order valence-corrected chi connectivity index (χ0v) is 20.2. The van der Waals surface area contributed by atoms with Crippen molar-refractivity contribution in [3.05, 3.63) is 48.7 Å². The van der Waals surface area contributed by atoms with Gasteiger partial charge in [0.15, 0.2) is 0 Å². The summed E-state index contributed by atoms with van der Waals surface area (Å²) in [6.07, 6.45) is 11.9. The van der Waals surface area contributed by atoms with E-state index in [1.165, 1.54) is 0 Å². The van der Waals surface area contributed by atoms with Crippen LogP contribution in [0.25, 0.3) is 22.3 Å². The molecule has 10 heteroatoms. The SMILES string of the molecule is O=C(c1cnc2ccc(-c3ccn4nc(N[C@H]5C[C@@H](N6CCOCC6)C5)ncc34)cn12)N1CCCC1. The van der Waals surface area contributed by atoms with Crippen molar-refractivity contribution in [2.45, 2.75) is 37.8 Å². The van der Waals surface area contributed by atoms with Crippen molar-refractivity contribution in [3.8, 4) is 11.1 Å². The second-order valence-electron chi connectivity index (χ2n) is 10.0. The Bertz CT molecular complexity index is 1410. The van der Waals surface area contributed by atoms with Crippen molar-refractivity contribution >= 4 is 23.0 Å². The van der Waals surface area contributed by atoms with E-state index in [4.69, 9.17) is 9.84 Å². The maximum absolute atomic E-state index is 13.0. The minimum absolute atomic E-state index is 0.0461. The van der Waals surface area contributed by atoms with E-state index in [9.17, 15) is 4.79 Å². The summed E-state index contributed by atoms with van der Waals surface area (Å²) in [5.74, 6) is 0.698. The molecule has 2 aliphatic heterocycles. The van der Waals surface area contributed by atoms with Gasteiger partial charge >= 0.3 is 0 Å². The van der Waals surface area contributed by atoms with Crippen LogP contribution in [0.4, 0.5) is 5.95 Å². The molecule has 1 aliphatic carbocycles. The molecule has 10 nitrogen and oxygen atoms in total. The average Bonchev–Trinajstić information content (AvgIpc) is 3.65.